The van der Waals surface area contributed by atoms with E-state index >= 15 is 0 Å². The molecule has 164 valence electrons. The topological polar surface area (TPSA) is 132 Å². The van der Waals surface area contributed by atoms with Gasteiger partial charge in [-0.25, -0.2) is 0 Å². The van der Waals surface area contributed by atoms with Gasteiger partial charge in [0.15, 0.2) is 0 Å². The third kappa shape index (κ3) is 7.04. The van der Waals surface area contributed by atoms with E-state index in [0.29, 0.717) is 22.3 Å². The molecule has 0 bridgehead atoms. The summed E-state index contributed by atoms with van der Waals surface area (Å²) in [7, 11) is -3.25. The number of carbonyl (C=O) groups is 2. The molecule has 0 fully saturated rings. The third-order valence-electron chi connectivity index (χ3n) is 4.45. The molecule has 8 nitrogen and oxygen atoms in total. The van der Waals surface area contributed by atoms with Crippen molar-refractivity contribution < 1.29 is 23.2 Å². The number of rotatable bonds is 11. The minimum absolute atomic E-state index is 0.0887. The number of nitrogens with two attached hydrogens (primary N) is 1. The fraction of sp³-hybridized carbons (Fsp3) is 0.318. The molecule has 0 aromatic heterocycles. The molecular formula is C22H26N3O5P. The zero-order valence-electron chi connectivity index (χ0n) is 17.5. The van der Waals surface area contributed by atoms with Crippen LogP contribution in [0.1, 0.15) is 40.9 Å². The lowest BCUT2D eigenvalue weighted by Gasteiger charge is -2.18. The van der Waals surface area contributed by atoms with E-state index < -0.39 is 25.5 Å². The number of primary amides is 1. The molecule has 0 aliphatic heterocycles. The predicted molar refractivity (Wildman–Crippen MR) is 116 cm³/mol. The van der Waals surface area contributed by atoms with Crippen molar-refractivity contribution in [2.45, 2.75) is 32.5 Å². The maximum atomic E-state index is 12.6. The van der Waals surface area contributed by atoms with Crippen LogP contribution >= 0.6 is 7.60 Å². The van der Waals surface area contributed by atoms with Crippen molar-refractivity contribution in [1.29, 1.82) is 5.26 Å². The van der Waals surface area contributed by atoms with Crippen LogP contribution in [0.15, 0.2) is 48.5 Å². The smallest absolute Gasteiger partial charge is 0.335 e. The Morgan fingerprint density at radius 2 is 1.71 bits per heavy atom. The minimum atomic E-state index is -3.25. The first-order chi connectivity index (χ1) is 14.8. The van der Waals surface area contributed by atoms with Crippen molar-refractivity contribution in [3.05, 3.63) is 70.8 Å². The highest BCUT2D eigenvalue weighted by Gasteiger charge is 2.25. The number of nitrogens with zero attached hydrogens (tertiary/aromatic N) is 1. The zero-order chi connectivity index (χ0) is 22.9. The summed E-state index contributed by atoms with van der Waals surface area (Å²) < 4.78 is 23.2. The van der Waals surface area contributed by atoms with Crippen LogP contribution in [0.3, 0.4) is 0 Å². The lowest BCUT2D eigenvalue weighted by Crippen LogP contribution is -2.46. The van der Waals surface area contributed by atoms with Gasteiger partial charge in [0.25, 0.3) is 5.91 Å². The quantitative estimate of drug-likeness (QED) is 0.513. The van der Waals surface area contributed by atoms with E-state index in [4.69, 9.17) is 14.8 Å². The van der Waals surface area contributed by atoms with Gasteiger partial charge in [0, 0.05) is 12.0 Å². The summed E-state index contributed by atoms with van der Waals surface area (Å²) in [4.78, 5) is 24.5. The van der Waals surface area contributed by atoms with Crippen molar-refractivity contribution in [3.63, 3.8) is 0 Å². The summed E-state index contributed by atoms with van der Waals surface area (Å²) in [5.74, 6) is -1.19. The summed E-state index contributed by atoms with van der Waals surface area (Å²) in [6.45, 7) is 4.01. The van der Waals surface area contributed by atoms with Gasteiger partial charge in [-0.2, -0.15) is 5.26 Å². The molecule has 0 radical (unpaired) electrons. The molecular weight excluding hydrogens is 417 g/mol. The zero-order valence-corrected chi connectivity index (χ0v) is 18.4. The van der Waals surface area contributed by atoms with Crippen LogP contribution in [0.2, 0.25) is 0 Å². The highest BCUT2D eigenvalue weighted by Crippen LogP contribution is 2.51. The fourth-order valence-corrected chi connectivity index (χ4v) is 4.70. The molecule has 0 heterocycles. The number of hydrogen-bond acceptors (Lipinski definition) is 6. The number of hydrogen-bond donors (Lipinski definition) is 2. The van der Waals surface area contributed by atoms with Crippen molar-refractivity contribution in [1.82, 2.24) is 5.32 Å². The molecule has 31 heavy (non-hydrogen) atoms. The normalized spacial score (nSPS) is 12.0. The minimum Gasteiger partial charge on any atom is -0.368 e. The number of benzene rings is 2. The largest absolute Gasteiger partial charge is 0.368 e. The van der Waals surface area contributed by atoms with Crippen LogP contribution in [0, 0.1) is 11.3 Å². The average molecular weight is 443 g/mol. The van der Waals surface area contributed by atoms with Crippen molar-refractivity contribution in [2.75, 3.05) is 13.2 Å². The van der Waals surface area contributed by atoms with Gasteiger partial charge in [0.1, 0.15) is 6.04 Å². The molecule has 0 saturated carbocycles. The molecule has 2 aromatic carbocycles. The number of nitriles is 1. The molecule has 0 aliphatic carbocycles. The summed E-state index contributed by atoms with van der Waals surface area (Å²) in [5.41, 5.74) is 7.49. The van der Waals surface area contributed by atoms with E-state index in [0.717, 1.165) is 0 Å². The lowest BCUT2D eigenvalue weighted by molar-refractivity contribution is -0.119. The van der Waals surface area contributed by atoms with Crippen LogP contribution in [0.5, 0.6) is 0 Å². The maximum Gasteiger partial charge on any atom is 0.335 e. The summed E-state index contributed by atoms with van der Waals surface area (Å²) in [5, 5.41) is 11.8. The molecule has 1 atom stereocenters. The van der Waals surface area contributed by atoms with E-state index in [1.165, 1.54) is 0 Å². The van der Waals surface area contributed by atoms with Crippen LogP contribution in [-0.2, 0) is 31.0 Å². The van der Waals surface area contributed by atoms with E-state index in [-0.39, 0.29) is 25.8 Å². The third-order valence-corrected chi connectivity index (χ3v) is 6.51. The Balaban J connectivity index is 2.10. The van der Waals surface area contributed by atoms with Gasteiger partial charge in [0.2, 0.25) is 5.91 Å². The van der Waals surface area contributed by atoms with Gasteiger partial charge in [-0.05, 0) is 43.2 Å². The Labute approximate surface area is 181 Å². The summed E-state index contributed by atoms with van der Waals surface area (Å²) in [6.07, 6.45) is 0.195. The second kappa shape index (κ2) is 11.4. The van der Waals surface area contributed by atoms with Crippen LogP contribution in [0.25, 0.3) is 0 Å². The Kier molecular flexibility index (Phi) is 8.95. The molecule has 0 saturated heterocycles. The number of amides is 2. The molecule has 2 rings (SSSR count). The van der Waals surface area contributed by atoms with E-state index in [1.807, 2.05) is 0 Å². The van der Waals surface area contributed by atoms with Crippen molar-refractivity contribution in [3.8, 4) is 6.07 Å². The van der Waals surface area contributed by atoms with E-state index in [2.05, 4.69) is 11.4 Å². The SMILES string of the molecule is CCOP(=O)(Cc1ccc(C(=O)N[C@H](Cc2ccccc2C#N)C(N)=O)cc1)OCC. The van der Waals surface area contributed by atoms with Gasteiger partial charge in [-0.15, -0.1) is 0 Å². The van der Waals surface area contributed by atoms with Gasteiger partial charge >= 0.3 is 7.60 Å². The van der Waals surface area contributed by atoms with Crippen LogP contribution < -0.4 is 11.1 Å². The number of carbonyl (C=O) groups excluding carboxylic acids is 2. The monoisotopic (exact) mass is 443 g/mol. The molecule has 0 spiro atoms. The second-order valence-electron chi connectivity index (χ2n) is 6.70. The summed E-state index contributed by atoms with van der Waals surface area (Å²) >= 11 is 0. The molecule has 0 unspecified atom stereocenters. The first-order valence-electron chi connectivity index (χ1n) is 9.87. The molecule has 3 N–H and O–H groups in total. The van der Waals surface area contributed by atoms with Crippen LogP contribution in [-0.4, -0.2) is 31.1 Å². The van der Waals surface area contributed by atoms with E-state index in [9.17, 15) is 19.4 Å². The first-order valence-corrected chi connectivity index (χ1v) is 11.6. The van der Waals surface area contributed by atoms with Gasteiger partial charge < -0.3 is 20.1 Å². The fourth-order valence-electron chi connectivity index (χ4n) is 3.00. The lowest BCUT2D eigenvalue weighted by atomic mass is 10.00. The summed E-state index contributed by atoms with van der Waals surface area (Å²) in [6, 6.07) is 14.3. The highest BCUT2D eigenvalue weighted by molar-refractivity contribution is 7.53. The highest BCUT2D eigenvalue weighted by atomic mass is 31.2. The van der Waals surface area contributed by atoms with Gasteiger partial charge in [-0.1, -0.05) is 30.3 Å². The standard InChI is InChI=1S/C22H26N3O5P/c1-3-29-31(28,30-4-2)15-16-9-11-17(12-10-16)22(27)25-20(21(24)26)13-18-7-5-6-8-19(18)14-23/h5-12,20H,3-4,13,15H2,1-2H3,(H2,24,26)(H,25,27)/t20-/m1/s1. The predicted octanol–water partition coefficient (Wildman–Crippen LogP) is 3.15. The molecule has 2 aromatic rings. The molecule has 0 aliphatic rings. The first kappa shape index (κ1) is 24.3. The average Bonchev–Trinajstić information content (AvgIpc) is 2.74. The molecule has 2 amide bonds. The Morgan fingerprint density at radius 1 is 1.10 bits per heavy atom. The van der Waals surface area contributed by atoms with Gasteiger partial charge in [-0.3, -0.25) is 14.2 Å². The van der Waals surface area contributed by atoms with Crippen LogP contribution in [0.4, 0.5) is 0 Å². The Morgan fingerprint density at radius 3 is 2.26 bits per heavy atom. The maximum absolute atomic E-state index is 12.6. The molecule has 9 heteroatoms. The Bertz CT molecular complexity index is 991. The second-order valence-corrected chi connectivity index (χ2v) is 8.76. The Hall–Kier alpha value is -2.98. The van der Waals surface area contributed by atoms with Crippen molar-refractivity contribution in [2.24, 2.45) is 5.73 Å². The van der Waals surface area contributed by atoms with Crippen molar-refractivity contribution >= 4 is 19.4 Å². The van der Waals surface area contributed by atoms with Gasteiger partial charge in [0.05, 0.1) is 31.0 Å². The number of nitrogens with one attached hydrogen (secondary N) is 1. The van der Waals surface area contributed by atoms with E-state index in [1.54, 1.807) is 62.4 Å².